The molecule has 0 radical (unpaired) electrons. The molecule has 31 heavy (non-hydrogen) atoms. The highest BCUT2D eigenvalue weighted by Gasteiger charge is 2.26. The van der Waals surface area contributed by atoms with Crippen molar-refractivity contribution in [2.45, 2.75) is 40.7 Å². The Hall–Kier alpha value is -2.60. The highest BCUT2D eigenvalue weighted by atomic mass is 32.1. The first-order valence-corrected chi connectivity index (χ1v) is 12.0. The molecule has 6 heteroatoms. The molecule has 0 saturated carbocycles. The summed E-state index contributed by atoms with van der Waals surface area (Å²) in [6.45, 7) is 12.7. The fourth-order valence-electron chi connectivity index (χ4n) is 4.21. The van der Waals surface area contributed by atoms with Crippen molar-refractivity contribution in [3.63, 3.8) is 0 Å². The second-order valence-electron chi connectivity index (χ2n) is 8.73. The summed E-state index contributed by atoms with van der Waals surface area (Å²) in [7, 11) is 0. The molecule has 0 N–H and O–H groups in total. The van der Waals surface area contributed by atoms with E-state index in [9.17, 15) is 4.79 Å². The van der Waals surface area contributed by atoms with Gasteiger partial charge in [0.05, 0.1) is 22.0 Å². The number of anilines is 1. The summed E-state index contributed by atoms with van der Waals surface area (Å²) < 4.78 is 2.29. The number of carbonyl (C=O) groups is 1. The Morgan fingerprint density at radius 1 is 1.10 bits per heavy atom. The molecule has 0 spiro atoms. The van der Waals surface area contributed by atoms with Gasteiger partial charge in [-0.25, -0.2) is 4.98 Å². The van der Waals surface area contributed by atoms with Crippen LogP contribution in [-0.2, 0) is 6.54 Å². The van der Waals surface area contributed by atoms with Crippen LogP contribution in [0.2, 0.25) is 0 Å². The number of aryl methyl sites for hydroxylation is 1. The Morgan fingerprint density at radius 2 is 1.81 bits per heavy atom. The summed E-state index contributed by atoms with van der Waals surface area (Å²) in [5, 5.41) is 3.15. The molecule has 3 aromatic rings. The quantitative estimate of drug-likeness (QED) is 0.531. The second-order valence-corrected chi connectivity index (χ2v) is 9.79. The first-order chi connectivity index (χ1) is 14.9. The van der Waals surface area contributed by atoms with Gasteiger partial charge in [0, 0.05) is 49.5 Å². The largest absolute Gasteiger partial charge is 0.368 e. The maximum atomic E-state index is 13.5. The summed E-state index contributed by atoms with van der Waals surface area (Å²) in [4.78, 5) is 22.5. The molecule has 1 aliphatic rings. The molecule has 1 aromatic carbocycles. The van der Waals surface area contributed by atoms with Crippen LogP contribution in [0.5, 0.6) is 0 Å². The zero-order valence-electron chi connectivity index (χ0n) is 19.0. The summed E-state index contributed by atoms with van der Waals surface area (Å²) in [6.07, 6.45) is 1.08. The Kier molecular flexibility index (Phi) is 6.46. The molecule has 0 bridgehead atoms. The molecule has 1 fully saturated rings. The number of nitrogens with zero attached hydrogens (tertiary/aromatic N) is 4. The van der Waals surface area contributed by atoms with Gasteiger partial charge in [-0.05, 0) is 44.4 Å². The van der Waals surface area contributed by atoms with Crippen LogP contribution in [0.4, 0.5) is 5.69 Å². The molecule has 0 aliphatic carbocycles. The minimum atomic E-state index is 0.140. The van der Waals surface area contributed by atoms with Gasteiger partial charge in [0.25, 0.3) is 5.91 Å². The predicted octanol–water partition coefficient (Wildman–Crippen LogP) is 5.24. The van der Waals surface area contributed by atoms with Crippen molar-refractivity contribution in [2.24, 2.45) is 5.92 Å². The van der Waals surface area contributed by atoms with Gasteiger partial charge in [-0.15, -0.1) is 11.3 Å². The Balaban J connectivity index is 1.55. The van der Waals surface area contributed by atoms with E-state index in [0.717, 1.165) is 66.8 Å². The van der Waals surface area contributed by atoms with Crippen LogP contribution in [0, 0.1) is 19.8 Å². The van der Waals surface area contributed by atoms with Gasteiger partial charge in [0.2, 0.25) is 0 Å². The van der Waals surface area contributed by atoms with Crippen molar-refractivity contribution >= 4 is 22.9 Å². The summed E-state index contributed by atoms with van der Waals surface area (Å²) in [5.74, 6) is 0.749. The SMILES string of the molecule is Cc1nc(-c2cc(C(=O)N3CCN(c4ccccc4)CC3)c(C)n2CCC(C)C)cs1. The number of rotatable bonds is 6. The van der Waals surface area contributed by atoms with E-state index in [1.807, 2.05) is 17.9 Å². The normalized spacial score (nSPS) is 14.5. The predicted molar refractivity (Wildman–Crippen MR) is 129 cm³/mol. The van der Waals surface area contributed by atoms with E-state index in [-0.39, 0.29) is 5.91 Å². The van der Waals surface area contributed by atoms with Crippen molar-refractivity contribution in [2.75, 3.05) is 31.1 Å². The minimum absolute atomic E-state index is 0.140. The van der Waals surface area contributed by atoms with Gasteiger partial charge in [0.15, 0.2) is 0 Å². The fraction of sp³-hybridized carbons (Fsp3) is 0.440. The van der Waals surface area contributed by atoms with E-state index in [1.165, 1.54) is 5.69 Å². The lowest BCUT2D eigenvalue weighted by Gasteiger charge is -2.36. The Labute approximate surface area is 189 Å². The monoisotopic (exact) mass is 436 g/mol. The van der Waals surface area contributed by atoms with Crippen molar-refractivity contribution in [1.82, 2.24) is 14.5 Å². The molecule has 1 amide bonds. The third kappa shape index (κ3) is 4.69. The minimum Gasteiger partial charge on any atom is -0.368 e. The van der Waals surface area contributed by atoms with Gasteiger partial charge in [0.1, 0.15) is 0 Å². The van der Waals surface area contributed by atoms with E-state index >= 15 is 0 Å². The Bertz CT molecular complexity index is 1030. The third-order valence-corrected chi connectivity index (χ3v) is 6.87. The van der Waals surface area contributed by atoms with Crippen LogP contribution < -0.4 is 4.90 Å². The number of hydrogen-bond donors (Lipinski definition) is 0. The van der Waals surface area contributed by atoms with Crippen LogP contribution in [-0.4, -0.2) is 46.5 Å². The molecule has 3 heterocycles. The van der Waals surface area contributed by atoms with E-state index < -0.39 is 0 Å². The fourth-order valence-corrected chi connectivity index (χ4v) is 4.81. The molecular weight excluding hydrogens is 404 g/mol. The van der Waals surface area contributed by atoms with Crippen molar-refractivity contribution in [3.05, 3.63) is 58.0 Å². The van der Waals surface area contributed by atoms with Crippen LogP contribution in [0.25, 0.3) is 11.4 Å². The maximum Gasteiger partial charge on any atom is 0.255 e. The van der Waals surface area contributed by atoms with Crippen LogP contribution in [0.15, 0.2) is 41.8 Å². The summed E-state index contributed by atoms with van der Waals surface area (Å²) in [6, 6.07) is 12.5. The van der Waals surface area contributed by atoms with Crippen molar-refractivity contribution in [3.8, 4) is 11.4 Å². The van der Waals surface area contributed by atoms with Gasteiger partial charge < -0.3 is 14.4 Å². The van der Waals surface area contributed by atoms with Gasteiger partial charge in [-0.3, -0.25) is 4.79 Å². The molecule has 0 atom stereocenters. The number of hydrogen-bond acceptors (Lipinski definition) is 4. The van der Waals surface area contributed by atoms with E-state index in [1.54, 1.807) is 11.3 Å². The van der Waals surface area contributed by atoms with Gasteiger partial charge in [-0.1, -0.05) is 32.0 Å². The van der Waals surface area contributed by atoms with E-state index in [4.69, 9.17) is 4.98 Å². The highest BCUT2D eigenvalue weighted by molar-refractivity contribution is 7.09. The first-order valence-electron chi connectivity index (χ1n) is 11.2. The molecular formula is C25H32N4OS. The standard InChI is InChI=1S/C25H32N4OS/c1-18(2)10-11-29-19(3)22(16-24(29)23-17-31-20(4)26-23)25(30)28-14-12-27(13-15-28)21-8-6-5-7-9-21/h5-9,16-18H,10-15H2,1-4H3. The number of thiazole rings is 1. The lowest BCUT2D eigenvalue weighted by atomic mass is 10.1. The average molecular weight is 437 g/mol. The van der Waals surface area contributed by atoms with Crippen molar-refractivity contribution < 1.29 is 4.79 Å². The number of benzene rings is 1. The number of piperazine rings is 1. The van der Waals surface area contributed by atoms with Gasteiger partial charge in [-0.2, -0.15) is 0 Å². The molecule has 0 unspecified atom stereocenters. The topological polar surface area (TPSA) is 41.4 Å². The summed E-state index contributed by atoms with van der Waals surface area (Å²) in [5.41, 5.74) is 5.14. The first kappa shape index (κ1) is 21.6. The van der Waals surface area contributed by atoms with Gasteiger partial charge >= 0.3 is 0 Å². The number of amides is 1. The Morgan fingerprint density at radius 3 is 2.42 bits per heavy atom. The maximum absolute atomic E-state index is 13.5. The summed E-state index contributed by atoms with van der Waals surface area (Å²) >= 11 is 1.66. The number of para-hydroxylation sites is 1. The highest BCUT2D eigenvalue weighted by Crippen LogP contribution is 2.29. The lowest BCUT2D eigenvalue weighted by molar-refractivity contribution is 0.0746. The third-order valence-electron chi connectivity index (χ3n) is 6.10. The van der Waals surface area contributed by atoms with E-state index in [2.05, 4.69) is 66.0 Å². The second kappa shape index (κ2) is 9.27. The van der Waals surface area contributed by atoms with E-state index in [0.29, 0.717) is 5.92 Å². The number of carbonyl (C=O) groups excluding carboxylic acids is 1. The van der Waals surface area contributed by atoms with Crippen LogP contribution >= 0.6 is 11.3 Å². The smallest absolute Gasteiger partial charge is 0.255 e. The zero-order valence-corrected chi connectivity index (χ0v) is 19.8. The molecule has 4 rings (SSSR count). The molecule has 5 nitrogen and oxygen atoms in total. The number of aromatic nitrogens is 2. The van der Waals surface area contributed by atoms with Crippen LogP contribution in [0.3, 0.4) is 0 Å². The van der Waals surface area contributed by atoms with Crippen LogP contribution in [0.1, 0.15) is 41.3 Å². The molecule has 2 aromatic heterocycles. The molecule has 1 saturated heterocycles. The molecule has 164 valence electrons. The van der Waals surface area contributed by atoms with Crippen molar-refractivity contribution in [1.29, 1.82) is 0 Å². The average Bonchev–Trinajstić information content (AvgIpc) is 3.35. The zero-order chi connectivity index (χ0) is 22.0. The lowest BCUT2D eigenvalue weighted by Crippen LogP contribution is -2.48. The molecule has 1 aliphatic heterocycles.